The van der Waals surface area contributed by atoms with Crippen LogP contribution in [0.4, 0.5) is 4.39 Å². The summed E-state index contributed by atoms with van der Waals surface area (Å²) in [7, 11) is 0. The molecule has 1 fully saturated rings. The topological polar surface area (TPSA) is 49.4 Å². The van der Waals surface area contributed by atoms with E-state index in [1.54, 1.807) is 12.1 Å². The lowest BCUT2D eigenvalue weighted by molar-refractivity contribution is -0.135. The van der Waals surface area contributed by atoms with Crippen molar-refractivity contribution in [1.82, 2.24) is 10.2 Å². The monoisotopic (exact) mass is 334 g/mol. The van der Waals surface area contributed by atoms with Gasteiger partial charge in [0.15, 0.2) is 0 Å². The Hall–Kier alpha value is -1.91. The molecule has 0 radical (unpaired) electrons. The zero-order valence-electron chi connectivity index (χ0n) is 14.4. The van der Waals surface area contributed by atoms with Crippen molar-refractivity contribution in [3.8, 4) is 0 Å². The second-order valence-electron chi connectivity index (χ2n) is 6.37. The van der Waals surface area contributed by atoms with Crippen LogP contribution in [0.2, 0.25) is 0 Å². The Kier molecular flexibility index (Phi) is 7.22. The second-order valence-corrected chi connectivity index (χ2v) is 6.37. The minimum Gasteiger partial charge on any atom is -0.356 e. The number of halogens is 1. The Morgan fingerprint density at radius 3 is 2.67 bits per heavy atom. The summed E-state index contributed by atoms with van der Waals surface area (Å²) < 4.78 is 13.0. The molecule has 2 rings (SSSR count). The Labute approximate surface area is 143 Å². The maximum atomic E-state index is 13.0. The molecule has 24 heavy (non-hydrogen) atoms. The Bertz CT molecular complexity index is 545. The number of piperidine rings is 1. The van der Waals surface area contributed by atoms with Crippen LogP contribution in [0.5, 0.6) is 0 Å². The first-order valence-corrected chi connectivity index (χ1v) is 8.90. The molecule has 1 aromatic rings. The molecule has 1 aliphatic heterocycles. The molecule has 0 aromatic heterocycles. The number of benzene rings is 1. The van der Waals surface area contributed by atoms with Gasteiger partial charge in [0, 0.05) is 32.0 Å². The molecule has 1 aromatic carbocycles. The van der Waals surface area contributed by atoms with Gasteiger partial charge in [0.25, 0.3) is 0 Å². The quantitative estimate of drug-likeness (QED) is 0.833. The van der Waals surface area contributed by atoms with E-state index in [1.807, 2.05) is 11.8 Å². The van der Waals surface area contributed by atoms with Crippen LogP contribution in [0.15, 0.2) is 24.3 Å². The van der Waals surface area contributed by atoms with Gasteiger partial charge in [-0.2, -0.15) is 0 Å². The maximum absolute atomic E-state index is 13.0. The van der Waals surface area contributed by atoms with Crippen LogP contribution in [0.1, 0.15) is 51.0 Å². The van der Waals surface area contributed by atoms with Crippen molar-refractivity contribution in [2.45, 2.75) is 57.9 Å². The van der Waals surface area contributed by atoms with Crippen LogP contribution < -0.4 is 5.32 Å². The molecule has 1 N–H and O–H groups in total. The van der Waals surface area contributed by atoms with E-state index >= 15 is 0 Å². The first kappa shape index (κ1) is 18.4. The average Bonchev–Trinajstić information content (AvgIpc) is 2.57. The fourth-order valence-corrected chi connectivity index (χ4v) is 3.26. The zero-order chi connectivity index (χ0) is 17.4. The summed E-state index contributed by atoms with van der Waals surface area (Å²) in [5, 5.41) is 2.75. The molecule has 0 saturated carbocycles. The molecule has 0 bridgehead atoms. The molecule has 0 spiro atoms. The molecule has 132 valence electrons. The third-order valence-corrected chi connectivity index (χ3v) is 4.50. The SMILES string of the molecule is CCNC(=O)CCCC(=O)N1CCCC[C@@H]1Cc1ccc(F)cc1. The molecule has 0 unspecified atom stereocenters. The molecule has 1 aliphatic rings. The average molecular weight is 334 g/mol. The van der Waals surface area contributed by atoms with Gasteiger partial charge in [-0.1, -0.05) is 12.1 Å². The van der Waals surface area contributed by atoms with E-state index in [2.05, 4.69) is 5.32 Å². The third kappa shape index (κ3) is 5.62. The number of nitrogens with one attached hydrogen (secondary N) is 1. The van der Waals surface area contributed by atoms with Crippen molar-refractivity contribution >= 4 is 11.8 Å². The lowest BCUT2D eigenvalue weighted by Gasteiger charge is -2.36. The standard InChI is InChI=1S/C19H27FN2O2/c1-2-21-18(23)7-5-8-19(24)22-13-4-3-6-17(22)14-15-9-11-16(20)12-10-15/h9-12,17H,2-8,13-14H2,1H3,(H,21,23)/t17-/m1/s1. The van der Waals surface area contributed by atoms with E-state index in [4.69, 9.17) is 0 Å². The number of hydrogen-bond donors (Lipinski definition) is 1. The highest BCUT2D eigenvalue weighted by Crippen LogP contribution is 2.22. The highest BCUT2D eigenvalue weighted by atomic mass is 19.1. The fourth-order valence-electron chi connectivity index (χ4n) is 3.26. The third-order valence-electron chi connectivity index (χ3n) is 4.50. The predicted octanol–water partition coefficient (Wildman–Crippen LogP) is 3.06. The highest BCUT2D eigenvalue weighted by molar-refractivity contribution is 5.79. The first-order chi connectivity index (χ1) is 11.6. The minimum atomic E-state index is -0.235. The van der Waals surface area contributed by atoms with Crippen LogP contribution in [0.25, 0.3) is 0 Å². The number of amides is 2. The first-order valence-electron chi connectivity index (χ1n) is 8.90. The van der Waals surface area contributed by atoms with Crippen molar-refractivity contribution in [1.29, 1.82) is 0 Å². The van der Waals surface area contributed by atoms with Gasteiger partial charge in [-0.25, -0.2) is 4.39 Å². The van der Waals surface area contributed by atoms with Crippen molar-refractivity contribution in [3.05, 3.63) is 35.6 Å². The van der Waals surface area contributed by atoms with E-state index in [0.717, 1.165) is 37.8 Å². The fraction of sp³-hybridized carbons (Fsp3) is 0.579. The van der Waals surface area contributed by atoms with Crippen molar-refractivity contribution in [3.63, 3.8) is 0 Å². The van der Waals surface area contributed by atoms with Gasteiger partial charge in [-0.3, -0.25) is 9.59 Å². The van der Waals surface area contributed by atoms with Crippen molar-refractivity contribution in [2.24, 2.45) is 0 Å². The lowest BCUT2D eigenvalue weighted by atomic mass is 9.95. The highest BCUT2D eigenvalue weighted by Gasteiger charge is 2.26. The summed E-state index contributed by atoms with van der Waals surface area (Å²) in [6.07, 6.45) is 5.30. The largest absolute Gasteiger partial charge is 0.356 e. The van der Waals surface area contributed by atoms with Gasteiger partial charge >= 0.3 is 0 Å². The van der Waals surface area contributed by atoms with Crippen LogP contribution in [-0.4, -0.2) is 35.8 Å². The van der Waals surface area contributed by atoms with E-state index in [0.29, 0.717) is 25.8 Å². The van der Waals surface area contributed by atoms with Gasteiger partial charge in [-0.15, -0.1) is 0 Å². The molecule has 1 saturated heterocycles. The molecule has 4 nitrogen and oxygen atoms in total. The van der Waals surface area contributed by atoms with Crippen molar-refractivity contribution < 1.29 is 14.0 Å². The lowest BCUT2D eigenvalue weighted by Crippen LogP contribution is -2.44. The summed E-state index contributed by atoms with van der Waals surface area (Å²) in [4.78, 5) is 26.0. The van der Waals surface area contributed by atoms with Crippen LogP contribution >= 0.6 is 0 Å². The van der Waals surface area contributed by atoms with Crippen LogP contribution in [-0.2, 0) is 16.0 Å². The van der Waals surface area contributed by atoms with Gasteiger partial charge in [-0.05, 0) is 56.7 Å². The van der Waals surface area contributed by atoms with Crippen molar-refractivity contribution in [2.75, 3.05) is 13.1 Å². The number of carbonyl (C=O) groups excluding carboxylic acids is 2. The van der Waals surface area contributed by atoms with Gasteiger partial charge in [0.2, 0.25) is 11.8 Å². The molecular weight excluding hydrogens is 307 g/mol. The van der Waals surface area contributed by atoms with Gasteiger partial charge in [0.1, 0.15) is 5.82 Å². The minimum absolute atomic E-state index is 0.00630. The number of rotatable bonds is 7. The Morgan fingerprint density at radius 2 is 1.96 bits per heavy atom. The number of carbonyl (C=O) groups is 2. The zero-order valence-corrected chi connectivity index (χ0v) is 14.4. The number of likely N-dealkylation sites (tertiary alicyclic amines) is 1. The Morgan fingerprint density at radius 1 is 1.21 bits per heavy atom. The van der Waals surface area contributed by atoms with Gasteiger partial charge < -0.3 is 10.2 Å². The van der Waals surface area contributed by atoms with Crippen LogP contribution in [0, 0.1) is 5.82 Å². The second kappa shape index (κ2) is 9.40. The van der Waals surface area contributed by atoms with E-state index < -0.39 is 0 Å². The predicted molar refractivity (Wildman–Crippen MR) is 92.0 cm³/mol. The Balaban J connectivity index is 1.87. The smallest absolute Gasteiger partial charge is 0.222 e. The molecule has 0 aliphatic carbocycles. The van der Waals surface area contributed by atoms with E-state index in [1.165, 1.54) is 12.1 Å². The molecule has 1 atom stereocenters. The summed E-state index contributed by atoms with van der Waals surface area (Å²) >= 11 is 0. The summed E-state index contributed by atoms with van der Waals surface area (Å²) in [6, 6.07) is 6.71. The number of hydrogen-bond acceptors (Lipinski definition) is 2. The van der Waals surface area contributed by atoms with Gasteiger partial charge in [0.05, 0.1) is 0 Å². The summed E-state index contributed by atoms with van der Waals surface area (Å²) in [6.45, 7) is 3.29. The molecule has 5 heteroatoms. The van der Waals surface area contributed by atoms with E-state index in [9.17, 15) is 14.0 Å². The summed E-state index contributed by atoms with van der Waals surface area (Å²) in [5.41, 5.74) is 1.06. The molecular formula is C19H27FN2O2. The van der Waals surface area contributed by atoms with E-state index in [-0.39, 0.29) is 23.7 Å². The summed E-state index contributed by atoms with van der Waals surface area (Å²) in [5.74, 6) is -0.0985. The normalized spacial score (nSPS) is 17.6. The molecule has 1 heterocycles. The van der Waals surface area contributed by atoms with Crippen LogP contribution in [0.3, 0.4) is 0 Å². The molecule has 2 amide bonds. The number of nitrogens with zero attached hydrogens (tertiary/aromatic N) is 1. The maximum Gasteiger partial charge on any atom is 0.222 e.